The van der Waals surface area contributed by atoms with Crippen LogP contribution in [-0.4, -0.2) is 46.5 Å². The Morgan fingerprint density at radius 3 is 2.74 bits per heavy atom. The third kappa shape index (κ3) is 3.28. The summed E-state index contributed by atoms with van der Waals surface area (Å²) in [5, 5.41) is 14.5. The molecule has 2 aromatic rings. The van der Waals surface area contributed by atoms with Crippen LogP contribution in [0.1, 0.15) is 18.4 Å². The van der Waals surface area contributed by atoms with Gasteiger partial charge in [0.1, 0.15) is 5.03 Å². The number of carbonyl (C=O) groups excluding carboxylic acids is 1. The van der Waals surface area contributed by atoms with E-state index in [0.29, 0.717) is 25.9 Å². The van der Waals surface area contributed by atoms with Gasteiger partial charge in [0.2, 0.25) is 0 Å². The van der Waals surface area contributed by atoms with Crippen LogP contribution in [0, 0.1) is 6.92 Å². The number of urea groups is 1. The number of nitrogens with zero attached hydrogens (tertiary/aromatic N) is 2. The fourth-order valence-electron chi connectivity index (χ4n) is 2.90. The molecule has 1 aromatic carbocycles. The maximum Gasteiger partial charge on any atom is 0.321 e. The number of aliphatic hydroxyl groups is 1. The standard InChI is InChI=1S/C17H21N3O2S/c1-11-13-5-3-4-6-14(13)18-16(23-2)15(11)19-17(22)20-9-7-12(21)8-10-20/h3-6,12,21H,7-10H2,1-2H3,(H,19,22). The topological polar surface area (TPSA) is 65.5 Å². The zero-order valence-corrected chi connectivity index (χ0v) is 14.2. The van der Waals surface area contributed by atoms with E-state index in [9.17, 15) is 9.90 Å². The number of hydrogen-bond donors (Lipinski definition) is 2. The smallest absolute Gasteiger partial charge is 0.321 e. The lowest BCUT2D eigenvalue weighted by atomic mass is 10.1. The van der Waals surface area contributed by atoms with E-state index in [0.717, 1.165) is 27.2 Å². The van der Waals surface area contributed by atoms with Gasteiger partial charge in [-0.15, -0.1) is 11.8 Å². The van der Waals surface area contributed by atoms with Gasteiger partial charge in [0.05, 0.1) is 17.3 Å². The number of aromatic nitrogens is 1. The summed E-state index contributed by atoms with van der Waals surface area (Å²) in [6.45, 7) is 3.18. The van der Waals surface area contributed by atoms with Crippen molar-refractivity contribution < 1.29 is 9.90 Å². The maximum atomic E-state index is 12.5. The first-order valence-corrected chi connectivity index (χ1v) is 9.00. The summed E-state index contributed by atoms with van der Waals surface area (Å²) in [6.07, 6.45) is 2.95. The molecule has 0 aliphatic carbocycles. The van der Waals surface area contributed by atoms with E-state index < -0.39 is 0 Å². The van der Waals surface area contributed by atoms with Gasteiger partial charge < -0.3 is 15.3 Å². The van der Waals surface area contributed by atoms with Gasteiger partial charge >= 0.3 is 6.03 Å². The fraction of sp³-hybridized carbons (Fsp3) is 0.412. The van der Waals surface area contributed by atoms with Crippen molar-refractivity contribution in [1.82, 2.24) is 9.88 Å². The lowest BCUT2D eigenvalue weighted by Gasteiger charge is -2.30. The van der Waals surface area contributed by atoms with Crippen LogP contribution in [0.5, 0.6) is 0 Å². The Hall–Kier alpha value is -1.79. The Bertz CT molecular complexity index is 727. The van der Waals surface area contributed by atoms with Gasteiger partial charge in [0.25, 0.3) is 0 Å². The van der Waals surface area contributed by atoms with Crippen LogP contribution in [0.2, 0.25) is 0 Å². The summed E-state index contributed by atoms with van der Waals surface area (Å²) < 4.78 is 0. The zero-order valence-electron chi connectivity index (χ0n) is 13.4. The zero-order chi connectivity index (χ0) is 16.4. The second-order valence-electron chi connectivity index (χ2n) is 5.79. The Kier molecular flexibility index (Phi) is 4.73. The number of fused-ring (bicyclic) bond motifs is 1. The third-order valence-electron chi connectivity index (χ3n) is 4.30. The lowest BCUT2D eigenvalue weighted by molar-refractivity contribution is 0.0972. The highest BCUT2D eigenvalue weighted by Gasteiger charge is 2.23. The molecule has 0 radical (unpaired) electrons. The molecular formula is C17H21N3O2S. The summed E-state index contributed by atoms with van der Waals surface area (Å²) in [7, 11) is 0. The molecule has 1 fully saturated rings. The van der Waals surface area contributed by atoms with E-state index in [2.05, 4.69) is 10.3 Å². The third-order valence-corrected chi connectivity index (χ3v) is 4.98. The predicted molar refractivity (Wildman–Crippen MR) is 94.1 cm³/mol. The molecule has 0 saturated carbocycles. The minimum absolute atomic E-state index is 0.118. The van der Waals surface area contributed by atoms with E-state index >= 15 is 0 Å². The summed E-state index contributed by atoms with van der Waals surface area (Å²) >= 11 is 1.53. The maximum absolute atomic E-state index is 12.5. The highest BCUT2D eigenvalue weighted by atomic mass is 32.2. The van der Waals surface area contributed by atoms with Crippen molar-refractivity contribution in [3.05, 3.63) is 29.8 Å². The quantitative estimate of drug-likeness (QED) is 0.829. The summed E-state index contributed by atoms with van der Waals surface area (Å²) in [5.74, 6) is 0. The van der Waals surface area contributed by atoms with Gasteiger partial charge in [-0.05, 0) is 37.7 Å². The van der Waals surface area contributed by atoms with E-state index in [4.69, 9.17) is 0 Å². The number of rotatable bonds is 2. The number of nitrogens with one attached hydrogen (secondary N) is 1. The van der Waals surface area contributed by atoms with Crippen molar-refractivity contribution in [2.45, 2.75) is 30.9 Å². The normalized spacial score (nSPS) is 15.9. The van der Waals surface area contributed by atoms with Crippen molar-refractivity contribution in [2.75, 3.05) is 24.7 Å². The molecule has 2 amide bonds. The number of piperidine rings is 1. The molecule has 3 rings (SSSR count). The minimum Gasteiger partial charge on any atom is -0.393 e. The molecule has 1 aliphatic rings. The number of hydrogen-bond acceptors (Lipinski definition) is 4. The number of anilines is 1. The minimum atomic E-state index is -0.287. The first-order chi connectivity index (χ1) is 11.1. The number of carbonyl (C=O) groups is 1. The molecule has 1 saturated heterocycles. The van der Waals surface area contributed by atoms with Crippen LogP contribution in [0.4, 0.5) is 10.5 Å². The number of aliphatic hydroxyl groups excluding tert-OH is 1. The van der Waals surface area contributed by atoms with Crippen molar-refractivity contribution in [3.8, 4) is 0 Å². The average molecular weight is 331 g/mol. The molecule has 0 unspecified atom stereocenters. The number of aryl methyl sites for hydroxylation is 1. The van der Waals surface area contributed by atoms with Crippen molar-refractivity contribution in [2.24, 2.45) is 0 Å². The number of amides is 2. The van der Waals surface area contributed by atoms with Crippen molar-refractivity contribution in [1.29, 1.82) is 0 Å². The summed E-state index contributed by atoms with van der Waals surface area (Å²) in [5.41, 5.74) is 2.76. The SMILES string of the molecule is CSc1nc2ccccc2c(C)c1NC(=O)N1CCC(O)CC1. The van der Waals surface area contributed by atoms with E-state index in [1.54, 1.807) is 4.90 Å². The molecule has 23 heavy (non-hydrogen) atoms. The molecule has 0 spiro atoms. The largest absolute Gasteiger partial charge is 0.393 e. The molecule has 0 atom stereocenters. The number of pyridine rings is 1. The molecule has 1 aliphatic heterocycles. The van der Waals surface area contributed by atoms with Crippen molar-refractivity contribution >= 4 is 34.4 Å². The number of thioether (sulfide) groups is 1. The fourth-order valence-corrected chi connectivity index (χ4v) is 3.50. The predicted octanol–water partition coefficient (Wildman–Crippen LogP) is 3.25. The van der Waals surface area contributed by atoms with Crippen LogP contribution in [0.15, 0.2) is 29.3 Å². The molecule has 2 heterocycles. The molecule has 0 bridgehead atoms. The Morgan fingerprint density at radius 2 is 2.04 bits per heavy atom. The summed E-state index contributed by atoms with van der Waals surface area (Å²) in [6, 6.07) is 7.84. The van der Waals surface area contributed by atoms with Crippen LogP contribution in [-0.2, 0) is 0 Å². The van der Waals surface area contributed by atoms with Crippen LogP contribution in [0.25, 0.3) is 10.9 Å². The van der Waals surface area contributed by atoms with Crippen LogP contribution < -0.4 is 5.32 Å². The van der Waals surface area contributed by atoms with Crippen LogP contribution in [0.3, 0.4) is 0 Å². The van der Waals surface area contributed by atoms with Crippen molar-refractivity contribution in [3.63, 3.8) is 0 Å². The number of likely N-dealkylation sites (tertiary alicyclic amines) is 1. The van der Waals surface area contributed by atoms with E-state index in [-0.39, 0.29) is 12.1 Å². The van der Waals surface area contributed by atoms with Crippen LogP contribution >= 0.6 is 11.8 Å². The first kappa shape index (κ1) is 16.1. The summed E-state index contributed by atoms with van der Waals surface area (Å²) in [4.78, 5) is 18.9. The molecular weight excluding hydrogens is 310 g/mol. The average Bonchev–Trinajstić information content (AvgIpc) is 2.57. The number of para-hydroxylation sites is 1. The highest BCUT2D eigenvalue weighted by Crippen LogP contribution is 2.32. The monoisotopic (exact) mass is 331 g/mol. The molecule has 6 heteroatoms. The first-order valence-electron chi connectivity index (χ1n) is 7.77. The van der Waals surface area contributed by atoms with Gasteiger partial charge in [0.15, 0.2) is 0 Å². The van der Waals surface area contributed by atoms with Gasteiger partial charge in [-0.2, -0.15) is 0 Å². The molecule has 2 N–H and O–H groups in total. The lowest BCUT2D eigenvalue weighted by Crippen LogP contribution is -2.42. The Morgan fingerprint density at radius 1 is 1.35 bits per heavy atom. The van der Waals surface area contributed by atoms with Gasteiger partial charge in [-0.1, -0.05) is 18.2 Å². The highest BCUT2D eigenvalue weighted by molar-refractivity contribution is 7.98. The molecule has 1 aromatic heterocycles. The number of benzene rings is 1. The molecule has 122 valence electrons. The van der Waals surface area contributed by atoms with Gasteiger partial charge in [0, 0.05) is 18.5 Å². The molecule has 5 nitrogen and oxygen atoms in total. The van der Waals surface area contributed by atoms with Gasteiger partial charge in [-0.25, -0.2) is 9.78 Å². The van der Waals surface area contributed by atoms with E-state index in [1.807, 2.05) is 37.4 Å². The Labute approximate surface area is 140 Å². The van der Waals surface area contributed by atoms with Gasteiger partial charge in [-0.3, -0.25) is 0 Å². The van der Waals surface area contributed by atoms with E-state index in [1.165, 1.54) is 11.8 Å². The second-order valence-corrected chi connectivity index (χ2v) is 6.58. The Balaban J connectivity index is 1.89. The second kappa shape index (κ2) is 6.76.